The van der Waals surface area contributed by atoms with Crippen molar-refractivity contribution in [1.29, 1.82) is 0 Å². The summed E-state index contributed by atoms with van der Waals surface area (Å²) >= 11 is 0. The van der Waals surface area contributed by atoms with Gasteiger partial charge in [0.25, 0.3) is 0 Å². The minimum absolute atomic E-state index is 0.136. The molecule has 98 valence electrons. The Morgan fingerprint density at radius 3 is 2.53 bits per heavy atom. The zero-order valence-electron chi connectivity index (χ0n) is 9.97. The number of hydrogen-bond acceptors (Lipinski definition) is 4. The summed E-state index contributed by atoms with van der Waals surface area (Å²) in [5.74, 6) is -3.37. The van der Waals surface area contributed by atoms with Crippen molar-refractivity contribution < 1.29 is 24.2 Å². The minimum Gasteiger partial charge on any atom is -0.481 e. The maximum atomic E-state index is 12.1. The molecule has 0 bridgehead atoms. The fourth-order valence-electron chi connectivity index (χ4n) is 1.82. The third kappa shape index (κ3) is 2.33. The summed E-state index contributed by atoms with van der Waals surface area (Å²) in [7, 11) is 0. The van der Waals surface area contributed by atoms with Crippen LogP contribution in [0.4, 0.5) is 0 Å². The molecule has 0 unspecified atom stereocenters. The van der Waals surface area contributed by atoms with Gasteiger partial charge in [-0.25, -0.2) is 4.79 Å². The van der Waals surface area contributed by atoms with Crippen LogP contribution in [-0.4, -0.2) is 22.2 Å². The number of aromatic carboxylic acids is 1. The second-order valence-corrected chi connectivity index (χ2v) is 4.11. The lowest BCUT2D eigenvalue weighted by Gasteiger charge is -2.05. The quantitative estimate of drug-likeness (QED) is 0.866. The molecule has 2 aromatic rings. The topological polar surface area (TPSA) is 105 Å². The van der Waals surface area contributed by atoms with E-state index in [0.717, 1.165) is 5.56 Å². The van der Waals surface area contributed by atoms with E-state index in [4.69, 9.17) is 14.6 Å². The Balaban J connectivity index is 2.85. The predicted molar refractivity (Wildman–Crippen MR) is 65.5 cm³/mol. The summed E-state index contributed by atoms with van der Waals surface area (Å²) in [5, 5.41) is 17.9. The molecule has 0 spiro atoms. The first-order chi connectivity index (χ1) is 8.90. The normalized spacial score (nSPS) is 10.6. The van der Waals surface area contributed by atoms with Crippen molar-refractivity contribution in [1.82, 2.24) is 0 Å². The van der Waals surface area contributed by atoms with Crippen LogP contribution in [0.15, 0.2) is 27.4 Å². The molecule has 19 heavy (non-hydrogen) atoms. The Morgan fingerprint density at radius 1 is 1.26 bits per heavy atom. The summed E-state index contributed by atoms with van der Waals surface area (Å²) in [6.45, 7) is 1.77. The van der Waals surface area contributed by atoms with Gasteiger partial charge < -0.3 is 14.6 Å². The number of rotatable bonds is 3. The summed E-state index contributed by atoms with van der Waals surface area (Å²) in [6.07, 6.45) is -0.687. The lowest BCUT2D eigenvalue weighted by atomic mass is 10.1. The largest absolute Gasteiger partial charge is 0.481 e. The van der Waals surface area contributed by atoms with Gasteiger partial charge in [-0.05, 0) is 24.6 Å². The first-order valence-corrected chi connectivity index (χ1v) is 5.41. The van der Waals surface area contributed by atoms with Gasteiger partial charge in [0.2, 0.25) is 5.76 Å². The summed E-state index contributed by atoms with van der Waals surface area (Å²) < 4.78 is 5.15. The summed E-state index contributed by atoms with van der Waals surface area (Å²) in [6, 6.07) is 4.70. The average molecular weight is 262 g/mol. The van der Waals surface area contributed by atoms with Gasteiger partial charge in [-0.2, -0.15) is 0 Å². The van der Waals surface area contributed by atoms with E-state index in [0.29, 0.717) is 0 Å². The summed E-state index contributed by atoms with van der Waals surface area (Å²) in [5.41, 5.74) is -0.0353. The number of aliphatic carboxylic acids is 1. The highest BCUT2D eigenvalue weighted by Gasteiger charge is 2.21. The third-order valence-corrected chi connectivity index (χ3v) is 2.66. The van der Waals surface area contributed by atoms with E-state index < -0.39 is 29.5 Å². The number of fused-ring (bicyclic) bond motifs is 1. The standard InChI is InChI=1S/C13H10O6/c1-6-2-3-7-9(4-6)19-12(13(17)18)8(11(7)16)5-10(14)15/h2-4H,5H2,1H3,(H,14,15)(H,17,18). The molecule has 0 aliphatic rings. The molecule has 0 fully saturated rings. The molecule has 0 saturated carbocycles. The van der Waals surface area contributed by atoms with Crippen molar-refractivity contribution in [2.45, 2.75) is 13.3 Å². The van der Waals surface area contributed by atoms with Gasteiger partial charge in [0.05, 0.1) is 17.4 Å². The van der Waals surface area contributed by atoms with Crippen LogP contribution < -0.4 is 5.43 Å². The van der Waals surface area contributed by atoms with E-state index >= 15 is 0 Å². The Kier molecular flexibility index (Phi) is 3.08. The van der Waals surface area contributed by atoms with E-state index in [2.05, 4.69) is 0 Å². The molecular weight excluding hydrogens is 252 g/mol. The van der Waals surface area contributed by atoms with Crippen LogP contribution in [0.25, 0.3) is 11.0 Å². The highest BCUT2D eigenvalue weighted by atomic mass is 16.4. The Labute approximate surface area is 106 Å². The Hall–Kier alpha value is -2.63. The lowest BCUT2D eigenvalue weighted by molar-refractivity contribution is -0.136. The van der Waals surface area contributed by atoms with Crippen LogP contribution in [0.5, 0.6) is 0 Å². The van der Waals surface area contributed by atoms with E-state index in [1.165, 1.54) is 12.1 Å². The van der Waals surface area contributed by atoms with Gasteiger partial charge in [-0.3, -0.25) is 9.59 Å². The molecule has 0 aliphatic carbocycles. The fourth-order valence-corrected chi connectivity index (χ4v) is 1.82. The molecule has 0 radical (unpaired) electrons. The zero-order valence-corrected chi connectivity index (χ0v) is 9.97. The van der Waals surface area contributed by atoms with Gasteiger partial charge in [0.15, 0.2) is 5.43 Å². The van der Waals surface area contributed by atoms with Crippen LogP contribution in [0.2, 0.25) is 0 Å². The van der Waals surface area contributed by atoms with Crippen LogP contribution in [0, 0.1) is 6.92 Å². The monoisotopic (exact) mass is 262 g/mol. The van der Waals surface area contributed by atoms with Crippen LogP contribution in [0.3, 0.4) is 0 Å². The molecule has 1 heterocycles. The SMILES string of the molecule is Cc1ccc2c(=O)c(CC(=O)O)c(C(=O)O)oc2c1. The molecule has 1 aromatic heterocycles. The van der Waals surface area contributed by atoms with E-state index in [1.807, 2.05) is 0 Å². The number of benzene rings is 1. The van der Waals surface area contributed by atoms with Crippen molar-refractivity contribution in [3.8, 4) is 0 Å². The Bertz CT molecular complexity index is 741. The maximum absolute atomic E-state index is 12.1. The van der Waals surface area contributed by atoms with E-state index in [1.54, 1.807) is 13.0 Å². The summed E-state index contributed by atoms with van der Waals surface area (Å²) in [4.78, 5) is 33.9. The smallest absolute Gasteiger partial charge is 0.372 e. The van der Waals surface area contributed by atoms with Crippen LogP contribution in [0.1, 0.15) is 21.7 Å². The highest BCUT2D eigenvalue weighted by Crippen LogP contribution is 2.17. The lowest BCUT2D eigenvalue weighted by Crippen LogP contribution is -2.19. The maximum Gasteiger partial charge on any atom is 0.372 e. The molecule has 0 amide bonds. The first-order valence-electron chi connectivity index (χ1n) is 5.41. The van der Waals surface area contributed by atoms with Crippen LogP contribution in [-0.2, 0) is 11.2 Å². The molecule has 2 N–H and O–H groups in total. The van der Waals surface area contributed by atoms with Crippen molar-refractivity contribution in [2.24, 2.45) is 0 Å². The number of aryl methyl sites for hydroxylation is 1. The van der Waals surface area contributed by atoms with Crippen molar-refractivity contribution in [3.05, 3.63) is 45.3 Å². The third-order valence-electron chi connectivity index (χ3n) is 2.66. The molecule has 0 atom stereocenters. The van der Waals surface area contributed by atoms with Gasteiger partial charge in [0, 0.05) is 0 Å². The number of carbonyl (C=O) groups is 2. The molecule has 1 aromatic carbocycles. The number of carboxylic acids is 2. The highest BCUT2D eigenvalue weighted by molar-refractivity contribution is 5.91. The fraction of sp³-hybridized carbons (Fsp3) is 0.154. The minimum atomic E-state index is -1.46. The molecule has 6 nitrogen and oxygen atoms in total. The number of hydrogen-bond donors (Lipinski definition) is 2. The van der Waals surface area contributed by atoms with Crippen LogP contribution >= 0.6 is 0 Å². The van der Waals surface area contributed by atoms with Crippen molar-refractivity contribution >= 4 is 22.9 Å². The van der Waals surface area contributed by atoms with Gasteiger partial charge in [0.1, 0.15) is 5.58 Å². The molecule has 6 heteroatoms. The second-order valence-electron chi connectivity index (χ2n) is 4.11. The van der Waals surface area contributed by atoms with Crippen molar-refractivity contribution in [2.75, 3.05) is 0 Å². The first kappa shape index (κ1) is 12.8. The Morgan fingerprint density at radius 2 is 1.95 bits per heavy atom. The van der Waals surface area contributed by atoms with Crippen molar-refractivity contribution in [3.63, 3.8) is 0 Å². The van der Waals surface area contributed by atoms with E-state index in [-0.39, 0.29) is 16.5 Å². The van der Waals surface area contributed by atoms with E-state index in [9.17, 15) is 14.4 Å². The average Bonchev–Trinajstić information content (AvgIpc) is 2.31. The molecule has 0 saturated heterocycles. The molecule has 2 rings (SSSR count). The van der Waals surface area contributed by atoms with Gasteiger partial charge in [-0.15, -0.1) is 0 Å². The molecular formula is C13H10O6. The predicted octanol–water partition coefficient (Wildman–Crippen LogP) is 1.43. The zero-order chi connectivity index (χ0) is 14.2. The van der Waals surface area contributed by atoms with Gasteiger partial charge >= 0.3 is 11.9 Å². The second kappa shape index (κ2) is 4.56. The van der Waals surface area contributed by atoms with Gasteiger partial charge in [-0.1, -0.05) is 6.07 Å². The number of carboxylic acid groups (broad SMARTS) is 2. The molecule has 0 aliphatic heterocycles.